The maximum Gasteiger partial charge on any atom is 0.188 e. The van der Waals surface area contributed by atoms with Gasteiger partial charge in [-0.3, -0.25) is 14.9 Å². The summed E-state index contributed by atoms with van der Waals surface area (Å²) in [6, 6.07) is 16.7. The number of nitrogens with zero attached hydrogens (tertiary/aromatic N) is 4. The van der Waals surface area contributed by atoms with Crippen molar-refractivity contribution in [1.29, 1.82) is 0 Å². The van der Waals surface area contributed by atoms with E-state index in [0.29, 0.717) is 5.96 Å². The first-order valence-electron chi connectivity index (χ1n) is 10.2. The lowest BCUT2D eigenvalue weighted by Gasteiger charge is -2.34. The molecule has 0 bridgehead atoms. The van der Waals surface area contributed by atoms with Crippen LogP contribution in [-0.2, 0) is 13.0 Å². The van der Waals surface area contributed by atoms with Crippen molar-refractivity contribution in [3.63, 3.8) is 0 Å². The summed E-state index contributed by atoms with van der Waals surface area (Å²) in [6.07, 6.45) is 3.71. The Labute approximate surface area is 168 Å². The lowest BCUT2D eigenvalue weighted by Crippen LogP contribution is -2.46. The van der Waals surface area contributed by atoms with E-state index in [0.717, 1.165) is 70.9 Å². The van der Waals surface area contributed by atoms with Gasteiger partial charge in [0.25, 0.3) is 0 Å². The quantitative estimate of drug-likeness (QED) is 0.394. The molecule has 1 aromatic carbocycles. The molecule has 1 aromatic heterocycles. The molecule has 1 aliphatic rings. The van der Waals surface area contributed by atoms with Crippen molar-refractivity contribution in [3.8, 4) is 0 Å². The molecule has 0 spiro atoms. The Bertz CT molecular complexity index is 695. The number of aliphatic imine (C=N–C) groups is 1. The van der Waals surface area contributed by atoms with Gasteiger partial charge >= 0.3 is 0 Å². The SMILES string of the molecule is NC(=NCCCN1CCN(Cc2ccccc2)CC1)NCCc1ccccn1. The van der Waals surface area contributed by atoms with E-state index < -0.39 is 0 Å². The minimum Gasteiger partial charge on any atom is -0.370 e. The van der Waals surface area contributed by atoms with E-state index >= 15 is 0 Å². The summed E-state index contributed by atoms with van der Waals surface area (Å²) in [7, 11) is 0. The minimum absolute atomic E-state index is 0.531. The number of hydrogen-bond acceptors (Lipinski definition) is 4. The van der Waals surface area contributed by atoms with Gasteiger partial charge in [0.1, 0.15) is 0 Å². The average molecular weight is 381 g/mol. The van der Waals surface area contributed by atoms with Crippen molar-refractivity contribution in [2.45, 2.75) is 19.4 Å². The number of piperazine rings is 1. The molecule has 3 rings (SSSR count). The number of guanidine groups is 1. The van der Waals surface area contributed by atoms with Crippen LogP contribution in [0.4, 0.5) is 0 Å². The first kappa shape index (κ1) is 20.3. The smallest absolute Gasteiger partial charge is 0.188 e. The summed E-state index contributed by atoms with van der Waals surface area (Å²) in [6.45, 7) is 8.21. The largest absolute Gasteiger partial charge is 0.370 e. The van der Waals surface area contributed by atoms with Crippen LogP contribution in [0.3, 0.4) is 0 Å². The van der Waals surface area contributed by atoms with Crippen LogP contribution >= 0.6 is 0 Å². The van der Waals surface area contributed by atoms with Crippen molar-refractivity contribution in [3.05, 3.63) is 66.0 Å². The summed E-state index contributed by atoms with van der Waals surface area (Å²) in [5.41, 5.74) is 8.41. The first-order valence-corrected chi connectivity index (χ1v) is 10.2. The monoisotopic (exact) mass is 380 g/mol. The Balaban J connectivity index is 1.25. The predicted octanol–water partition coefficient (Wildman–Crippen LogP) is 1.74. The van der Waals surface area contributed by atoms with E-state index in [1.54, 1.807) is 0 Å². The van der Waals surface area contributed by atoms with E-state index in [4.69, 9.17) is 5.73 Å². The van der Waals surface area contributed by atoms with Crippen LogP contribution in [0.25, 0.3) is 0 Å². The van der Waals surface area contributed by atoms with Crippen LogP contribution in [0.15, 0.2) is 59.7 Å². The molecule has 0 aliphatic carbocycles. The second kappa shape index (κ2) is 11.4. The van der Waals surface area contributed by atoms with Gasteiger partial charge < -0.3 is 16.0 Å². The second-order valence-corrected chi connectivity index (χ2v) is 7.22. The van der Waals surface area contributed by atoms with Crippen LogP contribution in [-0.4, -0.2) is 66.6 Å². The minimum atomic E-state index is 0.531. The number of benzene rings is 1. The third-order valence-corrected chi connectivity index (χ3v) is 5.04. The molecule has 6 nitrogen and oxygen atoms in total. The predicted molar refractivity (Wildman–Crippen MR) is 115 cm³/mol. The molecule has 0 amide bonds. The molecule has 150 valence electrons. The Morgan fingerprint density at radius 2 is 1.75 bits per heavy atom. The molecule has 1 aliphatic heterocycles. The van der Waals surface area contributed by atoms with Gasteiger partial charge in [-0.2, -0.15) is 0 Å². The molecule has 0 radical (unpaired) electrons. The van der Waals surface area contributed by atoms with E-state index in [9.17, 15) is 0 Å². The zero-order chi connectivity index (χ0) is 19.4. The van der Waals surface area contributed by atoms with Crippen LogP contribution < -0.4 is 11.1 Å². The molecule has 0 atom stereocenters. The Kier molecular flexibility index (Phi) is 8.27. The van der Waals surface area contributed by atoms with Crippen molar-refractivity contribution < 1.29 is 0 Å². The zero-order valence-corrected chi connectivity index (χ0v) is 16.6. The third-order valence-electron chi connectivity index (χ3n) is 5.04. The van der Waals surface area contributed by atoms with E-state index in [-0.39, 0.29) is 0 Å². The van der Waals surface area contributed by atoms with E-state index in [2.05, 4.69) is 55.4 Å². The maximum absolute atomic E-state index is 5.95. The fourth-order valence-corrected chi connectivity index (χ4v) is 3.43. The summed E-state index contributed by atoms with van der Waals surface area (Å²) < 4.78 is 0. The topological polar surface area (TPSA) is 69.8 Å². The zero-order valence-electron chi connectivity index (χ0n) is 16.6. The molecule has 0 saturated carbocycles. The molecule has 2 heterocycles. The molecule has 6 heteroatoms. The van der Waals surface area contributed by atoms with Gasteiger partial charge in [-0.25, -0.2) is 0 Å². The molecular weight excluding hydrogens is 348 g/mol. The van der Waals surface area contributed by atoms with Gasteiger partial charge in [0.15, 0.2) is 5.96 Å². The Morgan fingerprint density at radius 3 is 2.50 bits per heavy atom. The average Bonchev–Trinajstić information content (AvgIpc) is 2.74. The van der Waals surface area contributed by atoms with Crippen LogP contribution in [0.1, 0.15) is 17.7 Å². The van der Waals surface area contributed by atoms with Crippen LogP contribution in [0, 0.1) is 0 Å². The standard InChI is InChI=1S/C22H32N6/c23-22(26-13-10-21-9-4-5-11-24-21)25-12-6-14-27-15-17-28(18-16-27)19-20-7-2-1-3-8-20/h1-5,7-9,11H,6,10,12-19H2,(H3,23,25,26). The van der Waals surface area contributed by atoms with E-state index in [1.165, 1.54) is 5.56 Å². The fourth-order valence-electron chi connectivity index (χ4n) is 3.43. The Hall–Kier alpha value is -2.44. The number of hydrogen-bond donors (Lipinski definition) is 2. The molecule has 2 aromatic rings. The number of pyridine rings is 1. The van der Waals surface area contributed by atoms with E-state index in [1.807, 2.05) is 24.4 Å². The maximum atomic E-state index is 5.95. The van der Waals surface area contributed by atoms with Crippen molar-refractivity contribution >= 4 is 5.96 Å². The van der Waals surface area contributed by atoms with Crippen molar-refractivity contribution in [1.82, 2.24) is 20.1 Å². The summed E-state index contributed by atoms with van der Waals surface area (Å²) in [5.74, 6) is 0.531. The highest BCUT2D eigenvalue weighted by atomic mass is 15.3. The van der Waals surface area contributed by atoms with Crippen LogP contribution in [0.2, 0.25) is 0 Å². The van der Waals surface area contributed by atoms with Gasteiger partial charge in [0, 0.05) is 70.7 Å². The van der Waals surface area contributed by atoms with Crippen molar-refractivity contribution in [2.24, 2.45) is 10.7 Å². The Morgan fingerprint density at radius 1 is 1.00 bits per heavy atom. The number of aromatic nitrogens is 1. The summed E-state index contributed by atoms with van der Waals surface area (Å²) in [4.78, 5) is 13.8. The highest BCUT2D eigenvalue weighted by Crippen LogP contribution is 2.08. The van der Waals surface area contributed by atoms with Gasteiger partial charge in [-0.1, -0.05) is 36.4 Å². The van der Waals surface area contributed by atoms with Gasteiger partial charge in [-0.05, 0) is 24.1 Å². The summed E-state index contributed by atoms with van der Waals surface area (Å²) >= 11 is 0. The van der Waals surface area contributed by atoms with Crippen molar-refractivity contribution in [2.75, 3.05) is 45.8 Å². The van der Waals surface area contributed by atoms with Crippen LogP contribution in [0.5, 0.6) is 0 Å². The molecule has 3 N–H and O–H groups in total. The molecule has 28 heavy (non-hydrogen) atoms. The molecule has 1 fully saturated rings. The molecule has 0 unspecified atom stereocenters. The highest BCUT2D eigenvalue weighted by Gasteiger charge is 2.16. The fraction of sp³-hybridized carbons (Fsp3) is 0.455. The van der Waals surface area contributed by atoms with Gasteiger partial charge in [-0.15, -0.1) is 0 Å². The normalized spacial score (nSPS) is 16.2. The lowest BCUT2D eigenvalue weighted by molar-refractivity contribution is 0.127. The van der Waals surface area contributed by atoms with Gasteiger partial charge in [0.05, 0.1) is 0 Å². The number of rotatable bonds is 9. The molecular formula is C22H32N6. The summed E-state index contributed by atoms with van der Waals surface area (Å²) in [5, 5.41) is 3.17. The van der Waals surface area contributed by atoms with Gasteiger partial charge in [0.2, 0.25) is 0 Å². The number of nitrogens with one attached hydrogen (secondary N) is 1. The lowest BCUT2D eigenvalue weighted by atomic mass is 10.2. The third kappa shape index (κ3) is 7.29. The first-order chi connectivity index (χ1) is 13.8. The number of nitrogens with two attached hydrogens (primary N) is 1. The second-order valence-electron chi connectivity index (χ2n) is 7.22. The molecule has 1 saturated heterocycles. The highest BCUT2D eigenvalue weighted by molar-refractivity contribution is 5.77.